The van der Waals surface area contributed by atoms with Crippen LogP contribution in [0.5, 0.6) is 0 Å². The minimum Gasteiger partial charge on any atom is -0.464 e. The number of rotatable bonds is 2. The SMILES string of the molecule is CCOC(=O)[C@@H]1CC2(CCNCC2)CN1C(=O)OC(C)(C)C. The number of likely N-dealkylation sites (tertiary alicyclic amines) is 1. The highest BCUT2D eigenvalue weighted by Crippen LogP contribution is 2.42. The third kappa shape index (κ3) is 3.91. The van der Waals surface area contributed by atoms with Gasteiger partial charge in [-0.2, -0.15) is 0 Å². The highest BCUT2D eigenvalue weighted by atomic mass is 16.6. The van der Waals surface area contributed by atoms with E-state index in [2.05, 4.69) is 5.32 Å². The van der Waals surface area contributed by atoms with Crippen molar-refractivity contribution < 1.29 is 19.1 Å². The summed E-state index contributed by atoms with van der Waals surface area (Å²) in [6, 6.07) is -0.520. The first kappa shape index (κ1) is 17.1. The van der Waals surface area contributed by atoms with Crippen molar-refractivity contribution in [1.82, 2.24) is 10.2 Å². The molecule has 6 nitrogen and oxygen atoms in total. The lowest BCUT2D eigenvalue weighted by Crippen LogP contribution is -2.44. The summed E-state index contributed by atoms with van der Waals surface area (Å²) in [5, 5.41) is 3.34. The Morgan fingerprint density at radius 2 is 1.91 bits per heavy atom. The second-order valence-corrected chi connectivity index (χ2v) is 7.33. The maximum absolute atomic E-state index is 12.5. The van der Waals surface area contributed by atoms with Crippen molar-refractivity contribution in [2.24, 2.45) is 5.41 Å². The van der Waals surface area contributed by atoms with Crippen LogP contribution in [-0.2, 0) is 14.3 Å². The summed E-state index contributed by atoms with van der Waals surface area (Å²) in [5.41, 5.74) is -0.556. The molecule has 1 N–H and O–H groups in total. The maximum Gasteiger partial charge on any atom is 0.411 e. The quantitative estimate of drug-likeness (QED) is 0.789. The van der Waals surface area contributed by atoms with Crippen LogP contribution in [0.1, 0.15) is 47.0 Å². The van der Waals surface area contributed by atoms with Gasteiger partial charge in [-0.25, -0.2) is 9.59 Å². The molecule has 6 heteroatoms. The van der Waals surface area contributed by atoms with Gasteiger partial charge in [-0.05, 0) is 65.5 Å². The van der Waals surface area contributed by atoms with Gasteiger partial charge in [-0.1, -0.05) is 0 Å². The zero-order valence-electron chi connectivity index (χ0n) is 14.1. The maximum atomic E-state index is 12.5. The normalized spacial score (nSPS) is 24.4. The van der Waals surface area contributed by atoms with Crippen molar-refractivity contribution in [2.75, 3.05) is 26.2 Å². The summed E-state index contributed by atoms with van der Waals surface area (Å²) in [6.07, 6.45) is 2.21. The Morgan fingerprint density at radius 1 is 1.27 bits per heavy atom. The van der Waals surface area contributed by atoms with Crippen LogP contribution in [-0.4, -0.2) is 54.8 Å². The molecule has 1 amide bonds. The van der Waals surface area contributed by atoms with Crippen molar-refractivity contribution >= 4 is 12.1 Å². The Hall–Kier alpha value is -1.30. The van der Waals surface area contributed by atoms with Crippen LogP contribution in [0, 0.1) is 5.41 Å². The second-order valence-electron chi connectivity index (χ2n) is 7.33. The number of piperidine rings is 1. The predicted octanol–water partition coefficient (Wildman–Crippen LogP) is 1.93. The van der Waals surface area contributed by atoms with E-state index in [9.17, 15) is 9.59 Å². The fraction of sp³-hybridized carbons (Fsp3) is 0.875. The molecule has 2 saturated heterocycles. The van der Waals surface area contributed by atoms with Crippen LogP contribution >= 0.6 is 0 Å². The van der Waals surface area contributed by atoms with Gasteiger partial charge in [0.05, 0.1) is 6.61 Å². The van der Waals surface area contributed by atoms with E-state index in [4.69, 9.17) is 9.47 Å². The Morgan fingerprint density at radius 3 is 2.45 bits per heavy atom. The lowest BCUT2D eigenvalue weighted by molar-refractivity contribution is -0.148. The molecule has 126 valence electrons. The highest BCUT2D eigenvalue weighted by molar-refractivity contribution is 5.82. The van der Waals surface area contributed by atoms with E-state index in [0.29, 0.717) is 19.6 Å². The molecule has 0 aromatic rings. The van der Waals surface area contributed by atoms with E-state index in [-0.39, 0.29) is 11.4 Å². The summed E-state index contributed by atoms with van der Waals surface area (Å²) >= 11 is 0. The van der Waals surface area contributed by atoms with Crippen LogP contribution in [0.4, 0.5) is 4.79 Å². The number of nitrogens with one attached hydrogen (secondary N) is 1. The van der Waals surface area contributed by atoms with Gasteiger partial charge in [-0.3, -0.25) is 4.90 Å². The topological polar surface area (TPSA) is 67.9 Å². The van der Waals surface area contributed by atoms with Crippen LogP contribution in [0.3, 0.4) is 0 Å². The molecule has 2 aliphatic rings. The molecule has 22 heavy (non-hydrogen) atoms. The Labute approximate surface area is 132 Å². The second kappa shape index (κ2) is 6.44. The minimum absolute atomic E-state index is 0.0135. The molecule has 2 aliphatic heterocycles. The van der Waals surface area contributed by atoms with Gasteiger partial charge in [0, 0.05) is 6.54 Å². The van der Waals surface area contributed by atoms with Crippen LogP contribution in [0.25, 0.3) is 0 Å². The zero-order chi connectivity index (χ0) is 16.4. The summed E-state index contributed by atoms with van der Waals surface area (Å²) in [5.74, 6) is -0.316. The molecule has 2 rings (SSSR count). The molecule has 0 saturated carbocycles. The molecule has 0 unspecified atom stereocenters. The third-order valence-electron chi connectivity index (χ3n) is 4.36. The van der Waals surface area contributed by atoms with E-state index in [1.54, 1.807) is 11.8 Å². The van der Waals surface area contributed by atoms with E-state index in [1.807, 2.05) is 20.8 Å². The number of esters is 1. The van der Waals surface area contributed by atoms with Gasteiger partial charge in [0.25, 0.3) is 0 Å². The first-order valence-corrected chi connectivity index (χ1v) is 8.13. The molecule has 2 fully saturated rings. The smallest absolute Gasteiger partial charge is 0.411 e. The number of ether oxygens (including phenoxy) is 2. The van der Waals surface area contributed by atoms with Gasteiger partial charge in [-0.15, -0.1) is 0 Å². The highest BCUT2D eigenvalue weighted by Gasteiger charge is 2.50. The van der Waals surface area contributed by atoms with Crippen LogP contribution in [0.15, 0.2) is 0 Å². The summed E-state index contributed by atoms with van der Waals surface area (Å²) in [6.45, 7) is 10.0. The Bertz CT molecular complexity index is 424. The number of carbonyl (C=O) groups is 2. The number of amides is 1. The van der Waals surface area contributed by atoms with Crippen molar-refractivity contribution in [3.63, 3.8) is 0 Å². The van der Waals surface area contributed by atoms with Crippen molar-refractivity contribution in [1.29, 1.82) is 0 Å². The summed E-state index contributed by atoms with van der Waals surface area (Å²) < 4.78 is 10.6. The van der Waals surface area contributed by atoms with E-state index in [1.165, 1.54) is 0 Å². The van der Waals surface area contributed by atoms with Crippen molar-refractivity contribution in [3.05, 3.63) is 0 Å². The van der Waals surface area contributed by atoms with E-state index < -0.39 is 17.7 Å². The Balaban J connectivity index is 2.15. The standard InChI is InChI=1S/C16H28N2O4/c1-5-21-13(19)12-10-16(6-8-17-9-7-16)11-18(12)14(20)22-15(2,3)4/h12,17H,5-11H2,1-4H3/t12-/m0/s1. The number of hydrogen-bond acceptors (Lipinski definition) is 5. The first-order chi connectivity index (χ1) is 10.3. The largest absolute Gasteiger partial charge is 0.464 e. The Kier molecular flexibility index (Phi) is 5.00. The molecular formula is C16H28N2O4. The van der Waals surface area contributed by atoms with Gasteiger partial charge in [0.2, 0.25) is 0 Å². The van der Waals surface area contributed by atoms with E-state index >= 15 is 0 Å². The van der Waals surface area contributed by atoms with Crippen molar-refractivity contribution in [2.45, 2.75) is 58.6 Å². The van der Waals surface area contributed by atoms with Crippen LogP contribution < -0.4 is 5.32 Å². The zero-order valence-corrected chi connectivity index (χ0v) is 14.1. The monoisotopic (exact) mass is 312 g/mol. The lowest BCUT2D eigenvalue weighted by atomic mass is 9.77. The average Bonchev–Trinajstić information content (AvgIpc) is 2.78. The summed E-state index contributed by atoms with van der Waals surface area (Å²) in [4.78, 5) is 26.3. The van der Waals surface area contributed by atoms with Gasteiger partial charge in [0.15, 0.2) is 0 Å². The third-order valence-corrected chi connectivity index (χ3v) is 4.36. The molecule has 1 spiro atoms. The number of nitrogens with zero attached hydrogens (tertiary/aromatic N) is 1. The first-order valence-electron chi connectivity index (χ1n) is 8.13. The molecule has 0 aliphatic carbocycles. The van der Waals surface area contributed by atoms with Gasteiger partial charge in [0.1, 0.15) is 11.6 Å². The predicted molar refractivity (Wildman–Crippen MR) is 82.5 cm³/mol. The molecule has 0 aromatic heterocycles. The minimum atomic E-state index is -0.569. The molecule has 1 atom stereocenters. The average molecular weight is 312 g/mol. The molecule has 0 aromatic carbocycles. The number of hydrogen-bond donors (Lipinski definition) is 1. The summed E-state index contributed by atoms with van der Waals surface area (Å²) in [7, 11) is 0. The van der Waals surface area contributed by atoms with Gasteiger partial charge >= 0.3 is 12.1 Å². The number of carbonyl (C=O) groups excluding carboxylic acids is 2. The fourth-order valence-corrected chi connectivity index (χ4v) is 3.34. The molecular weight excluding hydrogens is 284 g/mol. The fourth-order valence-electron chi connectivity index (χ4n) is 3.34. The molecule has 0 radical (unpaired) electrons. The lowest BCUT2D eigenvalue weighted by Gasteiger charge is -2.33. The molecule has 2 heterocycles. The van der Waals surface area contributed by atoms with Crippen molar-refractivity contribution in [3.8, 4) is 0 Å². The van der Waals surface area contributed by atoms with Gasteiger partial charge < -0.3 is 14.8 Å². The van der Waals surface area contributed by atoms with E-state index in [0.717, 1.165) is 25.9 Å². The van der Waals surface area contributed by atoms with Crippen LogP contribution in [0.2, 0.25) is 0 Å². The molecule has 0 bridgehead atoms.